The van der Waals surface area contributed by atoms with Gasteiger partial charge in [-0.25, -0.2) is 0 Å². The zero-order chi connectivity index (χ0) is 19.6. The van der Waals surface area contributed by atoms with E-state index in [1.165, 1.54) is 32.3 Å². The number of nitrogens with zero attached hydrogens (tertiary/aromatic N) is 1. The second kappa shape index (κ2) is 7.66. The smallest absolute Gasteiger partial charge is 0.259 e. The molecule has 0 saturated carbocycles. The maximum absolute atomic E-state index is 12.9. The molecule has 0 fully saturated rings. The summed E-state index contributed by atoms with van der Waals surface area (Å²) < 4.78 is 10.8. The second-order valence-corrected chi connectivity index (χ2v) is 7.09. The number of Topliss-reactive ketones (excluding diaryl/α,β-unsaturated/α-hetero) is 1. The lowest BCUT2D eigenvalue weighted by atomic mass is 9.87. The molecule has 1 aliphatic carbocycles. The molecule has 1 atom stereocenters. The summed E-state index contributed by atoms with van der Waals surface area (Å²) in [5.74, 6) is 0.0665. The molecule has 1 heterocycles. The molecule has 2 aliphatic rings. The van der Waals surface area contributed by atoms with Crippen LogP contribution in [0.25, 0.3) is 0 Å². The van der Waals surface area contributed by atoms with Crippen LogP contribution in [0, 0.1) is 0 Å². The van der Waals surface area contributed by atoms with E-state index in [4.69, 9.17) is 9.47 Å². The first-order chi connectivity index (χ1) is 12.9. The number of likely N-dealkylation sites (N-methyl/N-ethyl adjacent to an activating group) is 1. The fourth-order valence-corrected chi connectivity index (χ4v) is 3.67. The van der Waals surface area contributed by atoms with E-state index in [2.05, 4.69) is 23.3 Å². The number of fused-ring (bicyclic) bond motifs is 1. The van der Waals surface area contributed by atoms with Gasteiger partial charge in [0.2, 0.25) is 0 Å². The van der Waals surface area contributed by atoms with E-state index in [0.29, 0.717) is 11.3 Å². The predicted octanol–water partition coefficient (Wildman–Crippen LogP) is 2.45. The third kappa shape index (κ3) is 3.68. The summed E-state index contributed by atoms with van der Waals surface area (Å²) in [6.07, 6.45) is 4.35. The minimum Gasteiger partial charge on any atom is -0.500 e. The number of ether oxygens (including phenoxy) is 2. The number of benzene rings is 1. The Morgan fingerprint density at radius 1 is 1.26 bits per heavy atom. The van der Waals surface area contributed by atoms with Crippen LogP contribution in [0.15, 0.2) is 41.7 Å². The molecular formula is C21H26N2O4. The van der Waals surface area contributed by atoms with Crippen LogP contribution in [0.5, 0.6) is 0 Å². The average molecular weight is 370 g/mol. The van der Waals surface area contributed by atoms with E-state index in [9.17, 15) is 9.59 Å². The summed E-state index contributed by atoms with van der Waals surface area (Å²) in [6.45, 7) is 3.31. The third-order valence-corrected chi connectivity index (χ3v) is 5.40. The van der Waals surface area contributed by atoms with Crippen LogP contribution in [0.4, 0.5) is 5.69 Å². The van der Waals surface area contributed by atoms with Gasteiger partial charge >= 0.3 is 0 Å². The number of anilines is 1. The molecule has 1 amide bonds. The number of amides is 1. The van der Waals surface area contributed by atoms with E-state index in [-0.39, 0.29) is 18.1 Å². The number of carbonyl (C=O) groups is 2. The molecule has 6 nitrogen and oxygen atoms in total. The Kier molecular flexibility index (Phi) is 5.48. The van der Waals surface area contributed by atoms with Gasteiger partial charge in [-0.3, -0.25) is 9.59 Å². The Balaban J connectivity index is 1.86. The highest BCUT2D eigenvalue weighted by atomic mass is 16.5. The van der Waals surface area contributed by atoms with E-state index in [1.54, 1.807) is 12.2 Å². The Bertz CT molecular complexity index is 827. The largest absolute Gasteiger partial charge is 0.500 e. The monoisotopic (exact) mass is 370 g/mol. The summed E-state index contributed by atoms with van der Waals surface area (Å²) >= 11 is 0. The lowest BCUT2D eigenvalue weighted by Gasteiger charge is -2.31. The number of methoxy groups -OCH3 is 2. The molecule has 1 aromatic rings. The van der Waals surface area contributed by atoms with Gasteiger partial charge in [0, 0.05) is 32.3 Å². The molecule has 6 heteroatoms. The lowest BCUT2D eigenvalue weighted by molar-refractivity contribution is -0.134. The van der Waals surface area contributed by atoms with Crippen LogP contribution >= 0.6 is 0 Å². The molecule has 0 radical (unpaired) electrons. The standard InChI is InChI=1S/C21H26N2O4/c1-14(24)21(27-4)10-8-17(19(12-21)26-3)20(25)22-18-7-5-6-15-13-23(2)11-9-16(15)18/h5-8,10H,9,11-13H2,1-4H3,(H,22,25). The summed E-state index contributed by atoms with van der Waals surface area (Å²) in [5, 5.41) is 3.02. The van der Waals surface area contributed by atoms with Gasteiger partial charge < -0.3 is 19.7 Å². The minimum atomic E-state index is -1.08. The van der Waals surface area contributed by atoms with Gasteiger partial charge in [-0.15, -0.1) is 0 Å². The molecule has 1 N–H and O–H groups in total. The van der Waals surface area contributed by atoms with Gasteiger partial charge in [-0.05, 0) is 49.7 Å². The topological polar surface area (TPSA) is 67.9 Å². The Morgan fingerprint density at radius 3 is 2.70 bits per heavy atom. The van der Waals surface area contributed by atoms with Crippen molar-refractivity contribution < 1.29 is 19.1 Å². The van der Waals surface area contributed by atoms with E-state index in [0.717, 1.165) is 25.2 Å². The number of hydrogen-bond donors (Lipinski definition) is 1. The van der Waals surface area contributed by atoms with Gasteiger partial charge in [0.1, 0.15) is 5.76 Å². The highest BCUT2D eigenvalue weighted by Crippen LogP contribution is 2.32. The van der Waals surface area contributed by atoms with Crippen LogP contribution in [0.1, 0.15) is 24.5 Å². The number of carbonyl (C=O) groups excluding carboxylic acids is 2. The molecular weight excluding hydrogens is 344 g/mol. The Labute approximate surface area is 159 Å². The molecule has 27 heavy (non-hydrogen) atoms. The van der Waals surface area contributed by atoms with Gasteiger partial charge in [0.05, 0.1) is 12.7 Å². The van der Waals surface area contributed by atoms with E-state index < -0.39 is 5.60 Å². The van der Waals surface area contributed by atoms with Crippen LogP contribution in [-0.4, -0.2) is 50.0 Å². The summed E-state index contributed by atoms with van der Waals surface area (Å²) in [6, 6.07) is 5.99. The molecule has 0 spiro atoms. The number of hydrogen-bond acceptors (Lipinski definition) is 5. The first-order valence-corrected chi connectivity index (χ1v) is 9.03. The Hall–Kier alpha value is -2.44. The Morgan fingerprint density at radius 2 is 2.04 bits per heavy atom. The van der Waals surface area contributed by atoms with Crippen molar-refractivity contribution in [2.24, 2.45) is 0 Å². The number of ketones is 1. The fourth-order valence-electron chi connectivity index (χ4n) is 3.67. The zero-order valence-electron chi connectivity index (χ0n) is 16.3. The van der Waals surface area contributed by atoms with Crippen molar-refractivity contribution in [1.29, 1.82) is 0 Å². The predicted molar refractivity (Wildman–Crippen MR) is 103 cm³/mol. The highest BCUT2D eigenvalue weighted by molar-refractivity contribution is 6.07. The summed E-state index contributed by atoms with van der Waals surface area (Å²) in [5.41, 5.74) is 2.58. The van der Waals surface area contributed by atoms with E-state index in [1.807, 2.05) is 12.1 Å². The molecule has 1 unspecified atom stereocenters. The number of rotatable bonds is 5. The highest BCUT2D eigenvalue weighted by Gasteiger charge is 2.38. The first kappa shape index (κ1) is 19.3. The molecule has 3 rings (SSSR count). The summed E-state index contributed by atoms with van der Waals surface area (Å²) in [7, 11) is 5.08. The van der Waals surface area contributed by atoms with Crippen molar-refractivity contribution in [3.63, 3.8) is 0 Å². The minimum absolute atomic E-state index is 0.128. The third-order valence-electron chi connectivity index (χ3n) is 5.40. The van der Waals surface area contributed by atoms with Crippen LogP contribution in [0.3, 0.4) is 0 Å². The second-order valence-electron chi connectivity index (χ2n) is 7.09. The molecule has 144 valence electrons. The molecule has 1 aliphatic heterocycles. The van der Waals surface area contributed by atoms with Gasteiger partial charge in [0.15, 0.2) is 11.4 Å². The fraction of sp³-hybridized carbons (Fsp3) is 0.429. The van der Waals surface area contributed by atoms with Crippen LogP contribution in [0.2, 0.25) is 0 Å². The van der Waals surface area contributed by atoms with Gasteiger partial charge in [-0.1, -0.05) is 12.1 Å². The zero-order valence-corrected chi connectivity index (χ0v) is 16.3. The van der Waals surface area contributed by atoms with Crippen molar-refractivity contribution in [3.8, 4) is 0 Å². The molecule has 0 bridgehead atoms. The SMILES string of the molecule is COC1=C(C(=O)Nc2cccc3c2CCN(C)C3)C=CC(OC)(C(C)=O)C1. The first-order valence-electron chi connectivity index (χ1n) is 9.03. The van der Waals surface area contributed by atoms with Crippen molar-refractivity contribution in [2.75, 3.05) is 33.1 Å². The lowest BCUT2D eigenvalue weighted by Crippen LogP contribution is -2.40. The van der Waals surface area contributed by atoms with Crippen molar-refractivity contribution in [1.82, 2.24) is 4.90 Å². The van der Waals surface area contributed by atoms with Gasteiger partial charge in [-0.2, -0.15) is 0 Å². The molecule has 0 saturated heterocycles. The normalized spacial score (nSPS) is 22.4. The van der Waals surface area contributed by atoms with Crippen molar-refractivity contribution in [2.45, 2.75) is 31.9 Å². The van der Waals surface area contributed by atoms with Crippen molar-refractivity contribution in [3.05, 3.63) is 52.8 Å². The average Bonchev–Trinajstić information content (AvgIpc) is 2.67. The maximum atomic E-state index is 12.9. The molecule has 1 aromatic carbocycles. The van der Waals surface area contributed by atoms with Crippen LogP contribution < -0.4 is 5.32 Å². The van der Waals surface area contributed by atoms with Crippen LogP contribution in [-0.2, 0) is 32.0 Å². The quantitative estimate of drug-likeness (QED) is 0.862. The molecule has 0 aromatic heterocycles. The van der Waals surface area contributed by atoms with Crippen molar-refractivity contribution >= 4 is 17.4 Å². The maximum Gasteiger partial charge on any atom is 0.259 e. The number of nitrogens with one attached hydrogen (secondary N) is 1. The van der Waals surface area contributed by atoms with Gasteiger partial charge in [0.25, 0.3) is 5.91 Å². The van der Waals surface area contributed by atoms with E-state index >= 15 is 0 Å². The summed E-state index contributed by atoms with van der Waals surface area (Å²) in [4.78, 5) is 27.2.